The highest BCUT2D eigenvalue weighted by atomic mass is 16.5. The summed E-state index contributed by atoms with van der Waals surface area (Å²) >= 11 is 0. The van der Waals surface area contributed by atoms with Crippen LogP contribution in [0.15, 0.2) is 59.7 Å². The number of β-amino-alcohol motifs (C(OH)–C–C–N with tert-alkyl or cyclic N) is 1. The summed E-state index contributed by atoms with van der Waals surface area (Å²) in [5, 5.41) is 11.0. The Morgan fingerprint density at radius 3 is 2.70 bits per heavy atom. The summed E-state index contributed by atoms with van der Waals surface area (Å²) in [6.45, 7) is 5.13. The fourth-order valence-electron chi connectivity index (χ4n) is 3.83. The second kappa shape index (κ2) is 7.91. The quantitative estimate of drug-likeness (QED) is 0.702. The molecule has 1 aliphatic heterocycles. The molecule has 3 aromatic rings. The summed E-state index contributed by atoms with van der Waals surface area (Å²) in [6, 6.07) is 12.6. The van der Waals surface area contributed by atoms with Crippen molar-refractivity contribution < 1.29 is 9.84 Å². The Morgan fingerprint density at radius 2 is 1.97 bits per heavy atom. The van der Waals surface area contributed by atoms with E-state index in [-0.39, 0.29) is 11.1 Å². The number of rotatable bonds is 5. The van der Waals surface area contributed by atoms with E-state index < -0.39 is 6.10 Å². The van der Waals surface area contributed by atoms with Crippen LogP contribution in [-0.2, 0) is 6.54 Å². The van der Waals surface area contributed by atoms with Crippen LogP contribution in [0.5, 0.6) is 5.75 Å². The zero-order valence-electron chi connectivity index (χ0n) is 17.4. The molecule has 7 heteroatoms. The van der Waals surface area contributed by atoms with Crippen molar-refractivity contribution in [1.82, 2.24) is 14.5 Å². The van der Waals surface area contributed by atoms with Crippen molar-refractivity contribution in [3.8, 4) is 17.0 Å². The molecule has 1 aliphatic rings. The number of hydrogen-bond donors (Lipinski definition) is 1. The molecular formula is C23H26N4O3. The van der Waals surface area contributed by atoms with E-state index in [2.05, 4.69) is 18.8 Å². The second-order valence-corrected chi connectivity index (χ2v) is 8.13. The van der Waals surface area contributed by atoms with E-state index in [9.17, 15) is 9.90 Å². The first-order chi connectivity index (χ1) is 14.4. The lowest BCUT2D eigenvalue weighted by Gasteiger charge is -2.45. The molecule has 0 saturated carbocycles. The molecule has 0 amide bonds. The van der Waals surface area contributed by atoms with E-state index in [4.69, 9.17) is 9.72 Å². The summed E-state index contributed by atoms with van der Waals surface area (Å²) in [5.41, 5.74) is 1.84. The van der Waals surface area contributed by atoms with Crippen molar-refractivity contribution in [2.75, 3.05) is 18.6 Å². The molecule has 30 heavy (non-hydrogen) atoms. The number of aliphatic hydroxyl groups is 1. The third-order valence-corrected chi connectivity index (χ3v) is 5.72. The van der Waals surface area contributed by atoms with Gasteiger partial charge in [0.25, 0.3) is 5.56 Å². The maximum atomic E-state index is 12.9. The fourth-order valence-corrected chi connectivity index (χ4v) is 3.83. The highest BCUT2D eigenvalue weighted by molar-refractivity contribution is 5.60. The van der Waals surface area contributed by atoms with Crippen LogP contribution >= 0.6 is 0 Å². The highest BCUT2D eigenvalue weighted by Gasteiger charge is 2.36. The molecule has 0 saturated heterocycles. The minimum atomic E-state index is -0.757. The van der Waals surface area contributed by atoms with Crippen LogP contribution in [0, 0.1) is 0 Å². The average molecular weight is 406 g/mol. The van der Waals surface area contributed by atoms with Crippen molar-refractivity contribution >= 4 is 5.95 Å². The van der Waals surface area contributed by atoms with Gasteiger partial charge >= 0.3 is 0 Å². The van der Waals surface area contributed by atoms with E-state index in [1.807, 2.05) is 41.3 Å². The summed E-state index contributed by atoms with van der Waals surface area (Å²) < 4.78 is 6.97. The molecule has 0 unspecified atom stereocenters. The van der Waals surface area contributed by atoms with Crippen LogP contribution in [0.1, 0.15) is 31.9 Å². The van der Waals surface area contributed by atoms with Crippen LogP contribution in [0.4, 0.5) is 5.95 Å². The number of hydrogen-bond acceptors (Lipinski definition) is 6. The molecule has 0 fully saturated rings. The Balaban J connectivity index is 1.74. The topological polar surface area (TPSA) is 80.5 Å². The monoisotopic (exact) mass is 406 g/mol. The number of aliphatic hydroxyl groups excluding tert-OH is 1. The van der Waals surface area contributed by atoms with E-state index >= 15 is 0 Å². The number of fused-ring (bicyclic) bond motifs is 1. The number of benzene rings is 1. The molecule has 3 heterocycles. The molecule has 1 aromatic carbocycles. The molecule has 156 valence electrons. The lowest BCUT2D eigenvalue weighted by molar-refractivity contribution is 0.168. The number of nitrogens with zero attached hydrogens (tertiary/aromatic N) is 4. The van der Waals surface area contributed by atoms with Crippen molar-refractivity contribution in [2.24, 2.45) is 0 Å². The Labute approximate surface area is 175 Å². The normalized spacial score (nSPS) is 16.1. The van der Waals surface area contributed by atoms with E-state index in [0.29, 0.717) is 30.5 Å². The SMILES string of the molecule is COc1cccc([C@H](O)CN2c3nc(-c4ccncc4)cc(=O)n3CCC2(C)C)c1. The summed E-state index contributed by atoms with van der Waals surface area (Å²) in [4.78, 5) is 23.8. The van der Waals surface area contributed by atoms with Gasteiger partial charge in [0.1, 0.15) is 5.75 Å². The molecule has 0 aliphatic carbocycles. The van der Waals surface area contributed by atoms with Crippen LogP contribution in [0.3, 0.4) is 0 Å². The first-order valence-electron chi connectivity index (χ1n) is 10.0. The number of methoxy groups -OCH3 is 1. The van der Waals surface area contributed by atoms with Gasteiger partial charge in [0, 0.05) is 36.1 Å². The number of pyridine rings is 1. The van der Waals surface area contributed by atoms with Gasteiger partial charge in [0.05, 0.1) is 25.5 Å². The van der Waals surface area contributed by atoms with Gasteiger partial charge in [-0.15, -0.1) is 0 Å². The number of ether oxygens (including phenoxy) is 1. The largest absolute Gasteiger partial charge is 0.497 e. The third-order valence-electron chi connectivity index (χ3n) is 5.72. The summed E-state index contributed by atoms with van der Waals surface area (Å²) in [6.07, 6.45) is 3.39. The lowest BCUT2D eigenvalue weighted by atomic mass is 9.95. The minimum Gasteiger partial charge on any atom is -0.497 e. The minimum absolute atomic E-state index is 0.0943. The number of anilines is 1. The average Bonchev–Trinajstić information content (AvgIpc) is 2.76. The van der Waals surface area contributed by atoms with Gasteiger partial charge in [0.15, 0.2) is 0 Å². The predicted octanol–water partition coefficient (Wildman–Crippen LogP) is 3.04. The zero-order valence-corrected chi connectivity index (χ0v) is 17.4. The molecular weight excluding hydrogens is 380 g/mol. The maximum absolute atomic E-state index is 12.9. The van der Waals surface area contributed by atoms with Gasteiger partial charge in [-0.2, -0.15) is 0 Å². The van der Waals surface area contributed by atoms with E-state index in [0.717, 1.165) is 17.5 Å². The van der Waals surface area contributed by atoms with Gasteiger partial charge in [0.2, 0.25) is 5.95 Å². The Hall–Kier alpha value is -3.19. The molecule has 2 aromatic heterocycles. The van der Waals surface area contributed by atoms with Gasteiger partial charge in [-0.3, -0.25) is 14.3 Å². The van der Waals surface area contributed by atoms with Crippen molar-refractivity contribution in [3.05, 3.63) is 70.8 Å². The first-order valence-corrected chi connectivity index (χ1v) is 10.0. The maximum Gasteiger partial charge on any atom is 0.255 e. The Morgan fingerprint density at radius 1 is 1.20 bits per heavy atom. The molecule has 0 radical (unpaired) electrons. The van der Waals surface area contributed by atoms with Crippen molar-refractivity contribution in [2.45, 2.75) is 38.5 Å². The molecule has 0 bridgehead atoms. The fraction of sp³-hybridized carbons (Fsp3) is 0.348. The molecule has 4 rings (SSSR count). The van der Waals surface area contributed by atoms with Crippen LogP contribution in [0.25, 0.3) is 11.3 Å². The highest BCUT2D eigenvalue weighted by Crippen LogP contribution is 2.33. The van der Waals surface area contributed by atoms with Crippen molar-refractivity contribution in [1.29, 1.82) is 0 Å². The standard InChI is InChI=1S/C23H26N4O3/c1-23(2)9-12-26-21(29)14-19(16-7-10-24-11-8-16)25-22(26)27(23)15-20(28)17-5-4-6-18(13-17)30-3/h4-8,10-11,13-14,20,28H,9,12,15H2,1-3H3/t20-/m1/s1. The predicted molar refractivity (Wildman–Crippen MR) is 116 cm³/mol. The van der Waals surface area contributed by atoms with Gasteiger partial charge in [-0.05, 0) is 50.1 Å². The zero-order chi connectivity index (χ0) is 21.3. The third kappa shape index (κ3) is 3.80. The summed E-state index contributed by atoms with van der Waals surface area (Å²) in [7, 11) is 1.60. The molecule has 0 spiro atoms. The summed E-state index contributed by atoms with van der Waals surface area (Å²) in [5.74, 6) is 1.27. The first kappa shape index (κ1) is 20.1. The lowest BCUT2D eigenvalue weighted by Crippen LogP contribution is -2.53. The van der Waals surface area contributed by atoms with Crippen LogP contribution < -0.4 is 15.2 Å². The Kier molecular flexibility index (Phi) is 5.30. The number of aromatic nitrogens is 3. The second-order valence-electron chi connectivity index (χ2n) is 8.13. The van der Waals surface area contributed by atoms with E-state index in [1.165, 1.54) is 0 Å². The van der Waals surface area contributed by atoms with Gasteiger partial charge in [-0.1, -0.05) is 12.1 Å². The van der Waals surface area contributed by atoms with E-state index in [1.54, 1.807) is 30.1 Å². The Bertz CT molecular complexity index is 1100. The molecule has 1 N–H and O–H groups in total. The van der Waals surface area contributed by atoms with Crippen LogP contribution in [-0.4, -0.2) is 38.8 Å². The molecule has 7 nitrogen and oxygen atoms in total. The molecule has 1 atom stereocenters. The van der Waals surface area contributed by atoms with Gasteiger partial charge < -0.3 is 14.7 Å². The van der Waals surface area contributed by atoms with Gasteiger partial charge in [-0.25, -0.2) is 4.98 Å². The van der Waals surface area contributed by atoms with Crippen molar-refractivity contribution in [3.63, 3.8) is 0 Å². The smallest absolute Gasteiger partial charge is 0.255 e. The van der Waals surface area contributed by atoms with Crippen LogP contribution in [0.2, 0.25) is 0 Å².